The van der Waals surface area contributed by atoms with Gasteiger partial charge >= 0.3 is 0 Å². The minimum Gasteiger partial charge on any atom is -0.330 e. The maximum Gasteiger partial charge on any atom is 0.258 e. The first-order valence-corrected chi connectivity index (χ1v) is 4.96. The average Bonchev–Trinajstić information content (AvgIpc) is 2.17. The second kappa shape index (κ2) is 4.00. The van der Waals surface area contributed by atoms with Crippen LogP contribution in [0.15, 0.2) is 29.2 Å². The first kappa shape index (κ1) is 10.1. The third kappa shape index (κ3) is 2.00. The molecule has 2 heterocycles. The van der Waals surface area contributed by atoms with Crippen LogP contribution in [0.5, 0.6) is 0 Å². The van der Waals surface area contributed by atoms with E-state index >= 15 is 0 Å². The Balaban J connectivity index is 2.68. The molecule has 0 aliphatic heterocycles. The van der Waals surface area contributed by atoms with E-state index in [-0.39, 0.29) is 5.56 Å². The molecule has 0 aromatic carbocycles. The Bertz CT molecular complexity index is 550. The van der Waals surface area contributed by atoms with Gasteiger partial charge in [0.25, 0.3) is 5.56 Å². The van der Waals surface area contributed by atoms with Crippen LogP contribution in [0.2, 0.25) is 5.02 Å². The predicted octanol–water partition coefficient (Wildman–Crippen LogP) is 0.849. The van der Waals surface area contributed by atoms with Gasteiger partial charge in [0, 0.05) is 35.5 Å². The summed E-state index contributed by atoms with van der Waals surface area (Å²) >= 11 is 5.82. The number of halogens is 1. The first-order valence-electron chi connectivity index (χ1n) is 4.58. The molecule has 2 N–H and O–H groups in total. The van der Waals surface area contributed by atoms with Crippen LogP contribution in [0.3, 0.4) is 0 Å². The number of aromatic nitrogens is 2. The van der Waals surface area contributed by atoms with Gasteiger partial charge in [0.1, 0.15) is 5.65 Å². The lowest BCUT2D eigenvalue weighted by Crippen LogP contribution is -2.16. The molecule has 4 nitrogen and oxygen atoms in total. The summed E-state index contributed by atoms with van der Waals surface area (Å²) in [5, 5.41) is 0.562. The highest BCUT2D eigenvalue weighted by atomic mass is 35.5. The molecule has 0 amide bonds. The topological polar surface area (TPSA) is 60.4 Å². The molecule has 0 aliphatic rings. The normalized spacial score (nSPS) is 10.8. The summed E-state index contributed by atoms with van der Waals surface area (Å²) in [6.07, 6.45) is 2.21. The van der Waals surface area contributed by atoms with Gasteiger partial charge in [0.05, 0.1) is 0 Å². The summed E-state index contributed by atoms with van der Waals surface area (Å²) < 4.78 is 1.45. The van der Waals surface area contributed by atoms with Crippen LogP contribution >= 0.6 is 11.6 Å². The fourth-order valence-corrected chi connectivity index (χ4v) is 1.56. The number of hydrogen-bond donors (Lipinski definition) is 1. The molecule has 0 saturated carbocycles. The Hall–Kier alpha value is -1.39. The van der Waals surface area contributed by atoms with Crippen molar-refractivity contribution in [1.82, 2.24) is 9.38 Å². The quantitative estimate of drug-likeness (QED) is 0.821. The van der Waals surface area contributed by atoms with Gasteiger partial charge in [-0.15, -0.1) is 0 Å². The molecule has 0 spiro atoms. The maximum atomic E-state index is 11.6. The second-order valence-corrected chi connectivity index (χ2v) is 3.63. The average molecular weight is 224 g/mol. The van der Waals surface area contributed by atoms with Gasteiger partial charge in [0.2, 0.25) is 0 Å². The first-order chi connectivity index (χ1) is 7.20. The lowest BCUT2D eigenvalue weighted by molar-refractivity contribution is 0.901. The number of nitrogens with zero attached hydrogens (tertiary/aromatic N) is 2. The summed E-state index contributed by atoms with van der Waals surface area (Å²) in [7, 11) is 0. The van der Waals surface area contributed by atoms with Crippen LogP contribution in [-0.4, -0.2) is 15.9 Å². The van der Waals surface area contributed by atoms with Crippen molar-refractivity contribution < 1.29 is 0 Å². The second-order valence-electron chi connectivity index (χ2n) is 3.20. The van der Waals surface area contributed by atoms with E-state index in [4.69, 9.17) is 17.3 Å². The molecular weight excluding hydrogens is 214 g/mol. The van der Waals surface area contributed by atoms with E-state index in [2.05, 4.69) is 4.98 Å². The third-order valence-corrected chi connectivity index (χ3v) is 2.32. The molecule has 0 unspecified atom stereocenters. The van der Waals surface area contributed by atoms with Crippen LogP contribution in [0.1, 0.15) is 5.69 Å². The number of pyridine rings is 1. The van der Waals surface area contributed by atoms with Gasteiger partial charge in [-0.05, 0) is 12.6 Å². The fourth-order valence-electron chi connectivity index (χ4n) is 1.40. The Labute approximate surface area is 91.3 Å². The Morgan fingerprint density at radius 2 is 2.27 bits per heavy atom. The molecule has 15 heavy (non-hydrogen) atoms. The molecular formula is C10H10ClN3O. The minimum absolute atomic E-state index is 0.111. The number of fused-ring (bicyclic) bond motifs is 1. The summed E-state index contributed by atoms with van der Waals surface area (Å²) in [5.41, 5.74) is 6.55. The van der Waals surface area contributed by atoms with Crippen LogP contribution in [0.25, 0.3) is 5.65 Å². The summed E-state index contributed by atoms with van der Waals surface area (Å²) in [5.74, 6) is 0. The lowest BCUT2D eigenvalue weighted by atomic mass is 10.3. The Kier molecular flexibility index (Phi) is 2.70. The van der Waals surface area contributed by atoms with Crippen molar-refractivity contribution in [3.05, 3.63) is 45.5 Å². The van der Waals surface area contributed by atoms with E-state index in [0.29, 0.717) is 29.3 Å². The van der Waals surface area contributed by atoms with Crippen molar-refractivity contribution in [3.8, 4) is 0 Å². The van der Waals surface area contributed by atoms with Crippen LogP contribution in [0, 0.1) is 0 Å². The number of hydrogen-bond acceptors (Lipinski definition) is 3. The molecule has 0 aliphatic carbocycles. The standard InChI is InChI=1S/C10H10ClN3O/c11-7-2-4-14-9(5-7)13-8(1-3-12)6-10(14)15/h2,4-6H,1,3,12H2. The van der Waals surface area contributed by atoms with Crippen molar-refractivity contribution in [2.24, 2.45) is 5.73 Å². The monoisotopic (exact) mass is 223 g/mol. The van der Waals surface area contributed by atoms with Gasteiger partial charge in [-0.2, -0.15) is 0 Å². The van der Waals surface area contributed by atoms with Crippen LogP contribution in [-0.2, 0) is 6.42 Å². The fraction of sp³-hybridized carbons (Fsp3) is 0.200. The smallest absolute Gasteiger partial charge is 0.258 e. The van der Waals surface area contributed by atoms with Crippen molar-refractivity contribution in [2.45, 2.75) is 6.42 Å². The lowest BCUT2D eigenvalue weighted by Gasteiger charge is -2.02. The molecule has 2 aromatic heterocycles. The SMILES string of the molecule is NCCc1cc(=O)n2ccc(Cl)cc2n1. The highest BCUT2D eigenvalue weighted by Crippen LogP contribution is 2.09. The van der Waals surface area contributed by atoms with Gasteiger partial charge in [-0.3, -0.25) is 9.20 Å². The van der Waals surface area contributed by atoms with Crippen molar-refractivity contribution >= 4 is 17.2 Å². The highest BCUT2D eigenvalue weighted by Gasteiger charge is 2.01. The van der Waals surface area contributed by atoms with Crippen LogP contribution < -0.4 is 11.3 Å². The van der Waals surface area contributed by atoms with Gasteiger partial charge in [-0.1, -0.05) is 11.6 Å². The van der Waals surface area contributed by atoms with E-state index in [1.807, 2.05) is 0 Å². The van der Waals surface area contributed by atoms with Crippen LogP contribution in [0.4, 0.5) is 0 Å². The zero-order valence-electron chi connectivity index (χ0n) is 7.98. The number of rotatable bonds is 2. The zero-order valence-corrected chi connectivity index (χ0v) is 8.74. The molecule has 0 fully saturated rings. The van der Waals surface area contributed by atoms with Crippen molar-refractivity contribution in [3.63, 3.8) is 0 Å². The molecule has 5 heteroatoms. The van der Waals surface area contributed by atoms with Gasteiger partial charge < -0.3 is 5.73 Å². The molecule has 2 rings (SSSR count). The number of nitrogens with two attached hydrogens (primary N) is 1. The molecule has 78 valence electrons. The molecule has 0 atom stereocenters. The van der Waals surface area contributed by atoms with E-state index in [1.54, 1.807) is 18.3 Å². The predicted molar refractivity (Wildman–Crippen MR) is 59.2 cm³/mol. The summed E-state index contributed by atoms with van der Waals surface area (Å²) in [4.78, 5) is 15.9. The molecule has 0 bridgehead atoms. The largest absolute Gasteiger partial charge is 0.330 e. The van der Waals surface area contributed by atoms with Gasteiger partial charge in [-0.25, -0.2) is 4.98 Å². The zero-order chi connectivity index (χ0) is 10.8. The van der Waals surface area contributed by atoms with E-state index < -0.39 is 0 Å². The van der Waals surface area contributed by atoms with E-state index in [0.717, 1.165) is 0 Å². The summed E-state index contributed by atoms with van der Waals surface area (Å²) in [6, 6.07) is 4.80. The maximum absolute atomic E-state index is 11.6. The molecule has 0 radical (unpaired) electrons. The Morgan fingerprint density at radius 1 is 1.47 bits per heavy atom. The molecule has 0 saturated heterocycles. The third-order valence-electron chi connectivity index (χ3n) is 2.08. The van der Waals surface area contributed by atoms with Crippen molar-refractivity contribution in [2.75, 3.05) is 6.54 Å². The summed E-state index contributed by atoms with van der Waals surface area (Å²) in [6.45, 7) is 0.475. The Morgan fingerprint density at radius 3 is 3.00 bits per heavy atom. The minimum atomic E-state index is -0.111. The highest BCUT2D eigenvalue weighted by molar-refractivity contribution is 6.30. The van der Waals surface area contributed by atoms with E-state index in [9.17, 15) is 4.79 Å². The molecule has 2 aromatic rings. The van der Waals surface area contributed by atoms with Gasteiger partial charge in [0.15, 0.2) is 0 Å². The van der Waals surface area contributed by atoms with Crippen molar-refractivity contribution in [1.29, 1.82) is 0 Å². The van der Waals surface area contributed by atoms with E-state index in [1.165, 1.54) is 10.5 Å².